The molecule has 0 bridgehead atoms. The Labute approximate surface area is 89.4 Å². The highest BCUT2D eigenvalue weighted by Crippen LogP contribution is 2.08. The highest BCUT2D eigenvalue weighted by molar-refractivity contribution is 5.91. The van der Waals surface area contributed by atoms with Gasteiger partial charge in [0.1, 0.15) is 0 Å². The van der Waals surface area contributed by atoms with E-state index in [0.717, 1.165) is 31.5 Å². The molecule has 1 aliphatic rings. The molecule has 3 nitrogen and oxygen atoms in total. The number of nitrogens with zero attached hydrogens (tertiary/aromatic N) is 2. The van der Waals surface area contributed by atoms with Gasteiger partial charge in [0.25, 0.3) is 0 Å². The second-order valence-electron chi connectivity index (χ2n) is 3.65. The van der Waals surface area contributed by atoms with Gasteiger partial charge in [-0.2, -0.15) is 0 Å². The fourth-order valence-electron chi connectivity index (χ4n) is 1.68. The summed E-state index contributed by atoms with van der Waals surface area (Å²) in [5, 5.41) is 0. The predicted molar refractivity (Wildman–Crippen MR) is 59.1 cm³/mol. The van der Waals surface area contributed by atoms with Gasteiger partial charge in [-0.3, -0.25) is 9.78 Å². The molecule has 2 rings (SSSR count). The molecule has 0 aromatic carbocycles. The zero-order valence-corrected chi connectivity index (χ0v) is 8.60. The lowest BCUT2D eigenvalue weighted by atomic mass is 10.2. The van der Waals surface area contributed by atoms with Gasteiger partial charge in [0.2, 0.25) is 5.91 Å². The molecule has 1 saturated heterocycles. The maximum absolute atomic E-state index is 11.6. The maximum atomic E-state index is 11.6. The van der Waals surface area contributed by atoms with E-state index in [1.807, 2.05) is 23.1 Å². The number of amides is 1. The summed E-state index contributed by atoms with van der Waals surface area (Å²) < 4.78 is 0. The van der Waals surface area contributed by atoms with Gasteiger partial charge in [-0.1, -0.05) is 6.07 Å². The molecule has 0 saturated carbocycles. The number of carbonyl (C=O) groups is 1. The Morgan fingerprint density at radius 1 is 1.40 bits per heavy atom. The Morgan fingerprint density at radius 3 is 2.87 bits per heavy atom. The van der Waals surface area contributed by atoms with E-state index >= 15 is 0 Å². The lowest BCUT2D eigenvalue weighted by molar-refractivity contribution is -0.124. The molecular weight excluding hydrogens is 188 g/mol. The fraction of sp³-hybridized carbons (Fsp3) is 0.333. The highest BCUT2D eigenvalue weighted by atomic mass is 16.2. The van der Waals surface area contributed by atoms with E-state index in [9.17, 15) is 4.79 Å². The van der Waals surface area contributed by atoms with Gasteiger partial charge in [0.15, 0.2) is 0 Å². The van der Waals surface area contributed by atoms with Crippen LogP contribution in [-0.2, 0) is 4.79 Å². The van der Waals surface area contributed by atoms with Crippen molar-refractivity contribution in [2.75, 3.05) is 13.1 Å². The van der Waals surface area contributed by atoms with Crippen LogP contribution in [0.5, 0.6) is 0 Å². The SMILES string of the molecule is O=C(/C=C/c1cccnc1)N1CCCC1. The molecule has 2 heterocycles. The van der Waals surface area contributed by atoms with Crippen molar-refractivity contribution < 1.29 is 4.79 Å². The first-order chi connectivity index (χ1) is 7.36. The molecule has 0 N–H and O–H groups in total. The van der Waals surface area contributed by atoms with Gasteiger partial charge in [0.05, 0.1) is 0 Å². The van der Waals surface area contributed by atoms with Crippen molar-refractivity contribution in [1.29, 1.82) is 0 Å². The lowest BCUT2D eigenvalue weighted by Crippen LogP contribution is -2.25. The summed E-state index contributed by atoms with van der Waals surface area (Å²) in [7, 11) is 0. The first-order valence-corrected chi connectivity index (χ1v) is 5.23. The summed E-state index contributed by atoms with van der Waals surface area (Å²) in [5.74, 6) is 0.108. The fourth-order valence-corrected chi connectivity index (χ4v) is 1.68. The van der Waals surface area contributed by atoms with Gasteiger partial charge < -0.3 is 4.90 Å². The van der Waals surface area contributed by atoms with Crippen LogP contribution >= 0.6 is 0 Å². The van der Waals surface area contributed by atoms with Crippen molar-refractivity contribution in [3.63, 3.8) is 0 Å². The van der Waals surface area contributed by atoms with Crippen molar-refractivity contribution in [3.05, 3.63) is 36.2 Å². The molecular formula is C12H14N2O. The minimum atomic E-state index is 0.108. The van der Waals surface area contributed by atoms with Gasteiger partial charge in [-0.25, -0.2) is 0 Å². The number of hydrogen-bond acceptors (Lipinski definition) is 2. The van der Waals surface area contributed by atoms with Crippen LogP contribution in [0.4, 0.5) is 0 Å². The third kappa shape index (κ3) is 2.65. The number of carbonyl (C=O) groups excluding carboxylic acids is 1. The quantitative estimate of drug-likeness (QED) is 0.684. The summed E-state index contributed by atoms with van der Waals surface area (Å²) in [6.45, 7) is 1.80. The Hall–Kier alpha value is -1.64. The van der Waals surface area contributed by atoms with E-state index in [2.05, 4.69) is 4.98 Å². The monoisotopic (exact) mass is 202 g/mol. The summed E-state index contributed by atoms with van der Waals surface area (Å²) in [6, 6.07) is 3.79. The van der Waals surface area contributed by atoms with Crippen LogP contribution in [0.3, 0.4) is 0 Å². The Morgan fingerprint density at radius 2 is 2.20 bits per heavy atom. The molecule has 3 heteroatoms. The molecule has 1 amide bonds. The van der Waals surface area contributed by atoms with Crippen LogP contribution in [0.25, 0.3) is 6.08 Å². The molecule has 0 unspecified atom stereocenters. The Balaban J connectivity index is 1.96. The van der Waals surface area contributed by atoms with Crippen LogP contribution in [0.2, 0.25) is 0 Å². The third-order valence-electron chi connectivity index (χ3n) is 2.52. The van der Waals surface area contributed by atoms with Gasteiger partial charge in [-0.15, -0.1) is 0 Å². The first-order valence-electron chi connectivity index (χ1n) is 5.23. The van der Waals surface area contributed by atoms with E-state index < -0.39 is 0 Å². The van der Waals surface area contributed by atoms with E-state index in [4.69, 9.17) is 0 Å². The van der Waals surface area contributed by atoms with E-state index in [1.54, 1.807) is 18.5 Å². The van der Waals surface area contributed by atoms with Crippen LogP contribution in [0, 0.1) is 0 Å². The van der Waals surface area contributed by atoms with Crippen LogP contribution in [-0.4, -0.2) is 28.9 Å². The minimum absolute atomic E-state index is 0.108. The second-order valence-corrected chi connectivity index (χ2v) is 3.65. The molecule has 0 spiro atoms. The van der Waals surface area contributed by atoms with Crippen LogP contribution in [0.1, 0.15) is 18.4 Å². The van der Waals surface area contributed by atoms with Crippen molar-refractivity contribution in [3.8, 4) is 0 Å². The minimum Gasteiger partial charge on any atom is -0.339 e. The highest BCUT2D eigenvalue weighted by Gasteiger charge is 2.14. The standard InChI is InChI=1S/C12H14N2O/c15-12(14-8-1-2-9-14)6-5-11-4-3-7-13-10-11/h3-7,10H,1-2,8-9H2/b6-5+. The average molecular weight is 202 g/mol. The molecule has 1 fully saturated rings. The smallest absolute Gasteiger partial charge is 0.246 e. The van der Waals surface area contributed by atoms with E-state index in [1.165, 1.54) is 0 Å². The normalized spacial score (nSPS) is 16.1. The molecule has 15 heavy (non-hydrogen) atoms. The molecule has 1 aromatic rings. The molecule has 1 aliphatic heterocycles. The largest absolute Gasteiger partial charge is 0.339 e. The molecule has 0 radical (unpaired) electrons. The van der Waals surface area contributed by atoms with Crippen molar-refractivity contribution in [1.82, 2.24) is 9.88 Å². The molecule has 0 aliphatic carbocycles. The van der Waals surface area contributed by atoms with Crippen LogP contribution < -0.4 is 0 Å². The number of likely N-dealkylation sites (tertiary alicyclic amines) is 1. The summed E-state index contributed by atoms with van der Waals surface area (Å²) >= 11 is 0. The molecule has 78 valence electrons. The summed E-state index contributed by atoms with van der Waals surface area (Å²) in [5.41, 5.74) is 0.963. The second kappa shape index (κ2) is 4.73. The summed E-state index contributed by atoms with van der Waals surface area (Å²) in [4.78, 5) is 17.5. The Bertz CT molecular complexity index is 353. The van der Waals surface area contributed by atoms with Crippen LogP contribution in [0.15, 0.2) is 30.6 Å². The third-order valence-corrected chi connectivity index (χ3v) is 2.52. The lowest BCUT2D eigenvalue weighted by Gasteiger charge is -2.11. The molecule has 1 aromatic heterocycles. The van der Waals surface area contributed by atoms with E-state index in [0.29, 0.717) is 0 Å². The topological polar surface area (TPSA) is 33.2 Å². The zero-order valence-electron chi connectivity index (χ0n) is 8.60. The number of hydrogen-bond donors (Lipinski definition) is 0. The number of rotatable bonds is 2. The van der Waals surface area contributed by atoms with Gasteiger partial charge in [-0.05, 0) is 30.5 Å². The Kier molecular flexibility index (Phi) is 3.12. The van der Waals surface area contributed by atoms with Crippen molar-refractivity contribution >= 4 is 12.0 Å². The van der Waals surface area contributed by atoms with Crippen molar-refractivity contribution in [2.45, 2.75) is 12.8 Å². The summed E-state index contributed by atoms with van der Waals surface area (Å²) in [6.07, 6.45) is 9.17. The van der Waals surface area contributed by atoms with Gasteiger partial charge in [0, 0.05) is 31.6 Å². The molecule has 0 atom stereocenters. The van der Waals surface area contributed by atoms with Crippen molar-refractivity contribution in [2.24, 2.45) is 0 Å². The zero-order chi connectivity index (χ0) is 10.5. The predicted octanol–water partition coefficient (Wildman–Crippen LogP) is 1.72. The number of aromatic nitrogens is 1. The van der Waals surface area contributed by atoms with E-state index in [-0.39, 0.29) is 5.91 Å². The van der Waals surface area contributed by atoms with Gasteiger partial charge >= 0.3 is 0 Å². The maximum Gasteiger partial charge on any atom is 0.246 e. The average Bonchev–Trinajstić information content (AvgIpc) is 2.81. The first kappa shape index (κ1) is 9.90. The number of pyridine rings is 1.